The molecule has 4 heteroatoms. The zero-order valence-electron chi connectivity index (χ0n) is 10.2. The second-order valence-electron chi connectivity index (χ2n) is 4.37. The van der Waals surface area contributed by atoms with E-state index in [1.54, 1.807) is 4.90 Å². The highest BCUT2D eigenvalue weighted by Crippen LogP contribution is 2.34. The van der Waals surface area contributed by atoms with Gasteiger partial charge in [0.1, 0.15) is 5.75 Å². The minimum absolute atomic E-state index is 0.00226. The Morgan fingerprint density at radius 2 is 1.95 bits per heavy atom. The van der Waals surface area contributed by atoms with Crippen LogP contribution in [0, 0.1) is 3.57 Å². The van der Waals surface area contributed by atoms with E-state index < -0.39 is 0 Å². The molecule has 0 bridgehead atoms. The number of nitrogens with zero attached hydrogens (tertiary/aromatic N) is 1. The first-order valence-corrected chi connectivity index (χ1v) is 7.08. The third kappa shape index (κ3) is 2.58. The smallest absolute Gasteiger partial charge is 0.265 e. The molecule has 0 radical (unpaired) electrons. The monoisotopic (exact) mass is 365 g/mol. The Kier molecular flexibility index (Phi) is 3.42. The molecule has 0 N–H and O–H groups in total. The molecule has 1 aliphatic heterocycles. The van der Waals surface area contributed by atoms with Crippen molar-refractivity contribution in [2.45, 2.75) is 6.54 Å². The van der Waals surface area contributed by atoms with Gasteiger partial charge in [-0.15, -0.1) is 0 Å². The number of carbonyl (C=O) groups excluding carboxylic acids is 1. The quantitative estimate of drug-likeness (QED) is 0.765. The Labute approximate surface area is 125 Å². The average molecular weight is 365 g/mol. The van der Waals surface area contributed by atoms with Crippen molar-refractivity contribution >= 4 is 34.2 Å². The first-order chi connectivity index (χ1) is 9.24. The predicted molar refractivity (Wildman–Crippen MR) is 82.3 cm³/mol. The number of hydrogen-bond donors (Lipinski definition) is 0. The molecule has 0 saturated heterocycles. The largest absolute Gasteiger partial charge is 0.482 e. The molecule has 2 aromatic carbocycles. The third-order valence-corrected chi connectivity index (χ3v) is 3.72. The standard InChI is InChI=1S/C15H12INO2/c16-12-6-7-13-14(8-12)19-10-15(18)17(13)9-11-4-2-1-3-5-11/h1-8H,9-10H2. The van der Waals surface area contributed by atoms with E-state index in [4.69, 9.17) is 4.74 Å². The second-order valence-corrected chi connectivity index (χ2v) is 5.61. The van der Waals surface area contributed by atoms with Crippen molar-refractivity contribution in [3.05, 3.63) is 57.7 Å². The normalized spacial score (nSPS) is 13.9. The van der Waals surface area contributed by atoms with Gasteiger partial charge in [-0.3, -0.25) is 4.79 Å². The van der Waals surface area contributed by atoms with E-state index in [0.717, 1.165) is 20.6 Å². The average Bonchev–Trinajstić information content (AvgIpc) is 2.43. The van der Waals surface area contributed by atoms with E-state index in [1.807, 2.05) is 48.5 Å². The van der Waals surface area contributed by atoms with Gasteiger partial charge in [0.15, 0.2) is 6.61 Å². The van der Waals surface area contributed by atoms with Crippen LogP contribution in [0.5, 0.6) is 5.75 Å². The van der Waals surface area contributed by atoms with Crippen LogP contribution in [0.2, 0.25) is 0 Å². The molecule has 3 nitrogen and oxygen atoms in total. The van der Waals surface area contributed by atoms with Gasteiger partial charge in [-0.1, -0.05) is 30.3 Å². The van der Waals surface area contributed by atoms with Gasteiger partial charge in [-0.2, -0.15) is 0 Å². The first-order valence-electron chi connectivity index (χ1n) is 6.01. The molecule has 1 amide bonds. The van der Waals surface area contributed by atoms with Crippen molar-refractivity contribution in [1.82, 2.24) is 0 Å². The molecular formula is C15H12INO2. The number of fused-ring (bicyclic) bond motifs is 1. The van der Waals surface area contributed by atoms with Crippen molar-refractivity contribution < 1.29 is 9.53 Å². The van der Waals surface area contributed by atoms with E-state index in [0.29, 0.717) is 6.54 Å². The summed E-state index contributed by atoms with van der Waals surface area (Å²) >= 11 is 2.24. The van der Waals surface area contributed by atoms with Gasteiger partial charge in [-0.05, 0) is 46.4 Å². The maximum atomic E-state index is 12.0. The van der Waals surface area contributed by atoms with Crippen LogP contribution in [0.3, 0.4) is 0 Å². The molecule has 19 heavy (non-hydrogen) atoms. The topological polar surface area (TPSA) is 29.5 Å². The number of halogens is 1. The van der Waals surface area contributed by atoms with Gasteiger partial charge in [0.2, 0.25) is 0 Å². The maximum absolute atomic E-state index is 12.0. The van der Waals surface area contributed by atoms with Crippen LogP contribution in [-0.2, 0) is 11.3 Å². The fourth-order valence-corrected chi connectivity index (χ4v) is 2.58. The fraction of sp³-hybridized carbons (Fsp3) is 0.133. The minimum atomic E-state index is -0.00226. The number of ether oxygens (including phenoxy) is 1. The molecule has 0 saturated carbocycles. The second kappa shape index (κ2) is 5.21. The van der Waals surface area contributed by atoms with Gasteiger partial charge in [0.05, 0.1) is 12.2 Å². The number of anilines is 1. The number of carbonyl (C=O) groups is 1. The number of rotatable bonds is 2. The van der Waals surface area contributed by atoms with Crippen molar-refractivity contribution in [2.24, 2.45) is 0 Å². The van der Waals surface area contributed by atoms with Crippen molar-refractivity contribution in [3.63, 3.8) is 0 Å². The molecule has 0 aliphatic carbocycles. The maximum Gasteiger partial charge on any atom is 0.265 e. The summed E-state index contributed by atoms with van der Waals surface area (Å²) in [7, 11) is 0. The van der Waals surface area contributed by atoms with Gasteiger partial charge in [0.25, 0.3) is 5.91 Å². The van der Waals surface area contributed by atoms with Crippen LogP contribution < -0.4 is 9.64 Å². The molecule has 96 valence electrons. The molecule has 3 rings (SSSR count). The number of benzene rings is 2. The highest BCUT2D eigenvalue weighted by molar-refractivity contribution is 14.1. The van der Waals surface area contributed by atoms with Crippen LogP contribution in [0.15, 0.2) is 48.5 Å². The fourth-order valence-electron chi connectivity index (χ4n) is 2.12. The molecule has 0 aromatic heterocycles. The van der Waals surface area contributed by atoms with Gasteiger partial charge in [-0.25, -0.2) is 0 Å². The Balaban J connectivity index is 1.95. The van der Waals surface area contributed by atoms with E-state index in [2.05, 4.69) is 22.6 Å². The Morgan fingerprint density at radius 1 is 1.16 bits per heavy atom. The summed E-state index contributed by atoms with van der Waals surface area (Å²) in [6.07, 6.45) is 0. The molecule has 0 spiro atoms. The molecule has 1 aliphatic rings. The van der Waals surface area contributed by atoms with Crippen molar-refractivity contribution in [2.75, 3.05) is 11.5 Å². The van der Waals surface area contributed by atoms with Gasteiger partial charge >= 0.3 is 0 Å². The highest BCUT2D eigenvalue weighted by atomic mass is 127. The summed E-state index contributed by atoms with van der Waals surface area (Å²) in [4.78, 5) is 13.8. The summed E-state index contributed by atoms with van der Waals surface area (Å²) in [5.74, 6) is 0.778. The van der Waals surface area contributed by atoms with E-state index >= 15 is 0 Å². The zero-order valence-corrected chi connectivity index (χ0v) is 12.3. The molecule has 0 unspecified atom stereocenters. The Morgan fingerprint density at radius 3 is 2.74 bits per heavy atom. The summed E-state index contributed by atoms with van der Waals surface area (Å²) in [6, 6.07) is 15.9. The van der Waals surface area contributed by atoms with E-state index in [1.165, 1.54) is 0 Å². The Hall–Kier alpha value is -1.56. The predicted octanol–water partition coefficient (Wildman–Crippen LogP) is 3.22. The molecular weight excluding hydrogens is 353 g/mol. The summed E-state index contributed by atoms with van der Waals surface area (Å²) in [6.45, 7) is 0.691. The summed E-state index contributed by atoms with van der Waals surface area (Å²) in [5, 5.41) is 0. The third-order valence-electron chi connectivity index (χ3n) is 3.05. The SMILES string of the molecule is O=C1COc2cc(I)ccc2N1Cc1ccccc1. The molecule has 0 fully saturated rings. The van der Waals surface area contributed by atoms with Crippen LogP contribution in [-0.4, -0.2) is 12.5 Å². The molecule has 0 atom stereocenters. The molecule has 2 aromatic rings. The van der Waals surface area contributed by atoms with Crippen LogP contribution >= 0.6 is 22.6 Å². The van der Waals surface area contributed by atoms with E-state index in [9.17, 15) is 4.79 Å². The summed E-state index contributed by atoms with van der Waals surface area (Å²) < 4.78 is 6.59. The van der Waals surface area contributed by atoms with Crippen molar-refractivity contribution in [1.29, 1.82) is 0 Å². The zero-order chi connectivity index (χ0) is 13.2. The minimum Gasteiger partial charge on any atom is -0.482 e. The van der Waals surface area contributed by atoms with Crippen LogP contribution in [0.4, 0.5) is 5.69 Å². The lowest BCUT2D eigenvalue weighted by molar-refractivity contribution is -0.121. The van der Waals surface area contributed by atoms with Crippen LogP contribution in [0.25, 0.3) is 0 Å². The van der Waals surface area contributed by atoms with E-state index in [-0.39, 0.29) is 12.5 Å². The van der Waals surface area contributed by atoms with Gasteiger partial charge in [0, 0.05) is 3.57 Å². The highest BCUT2D eigenvalue weighted by Gasteiger charge is 2.25. The lowest BCUT2D eigenvalue weighted by Crippen LogP contribution is -2.38. The lowest BCUT2D eigenvalue weighted by Gasteiger charge is -2.29. The van der Waals surface area contributed by atoms with Gasteiger partial charge < -0.3 is 9.64 Å². The molecule has 1 heterocycles. The number of hydrogen-bond acceptors (Lipinski definition) is 2. The van der Waals surface area contributed by atoms with Crippen LogP contribution in [0.1, 0.15) is 5.56 Å². The Bertz CT molecular complexity index is 613. The lowest BCUT2D eigenvalue weighted by atomic mass is 10.1. The number of amides is 1. The first kappa shape index (κ1) is 12.5. The summed E-state index contributed by atoms with van der Waals surface area (Å²) in [5.41, 5.74) is 1.96. The van der Waals surface area contributed by atoms with Crippen molar-refractivity contribution in [3.8, 4) is 5.75 Å².